The second kappa shape index (κ2) is 5.76. The molecular formula is C15H20O2. The molecule has 92 valence electrons. The molecule has 2 nitrogen and oxygen atoms in total. The summed E-state index contributed by atoms with van der Waals surface area (Å²) in [4.78, 5) is 0. The highest BCUT2D eigenvalue weighted by Gasteiger charge is 2.39. The van der Waals surface area contributed by atoms with E-state index in [1.54, 1.807) is 6.26 Å². The average molecular weight is 232 g/mol. The van der Waals surface area contributed by atoms with Crippen LogP contribution in [-0.2, 0) is 4.74 Å². The Morgan fingerprint density at radius 3 is 2.59 bits per heavy atom. The standard InChI is InChI=1S/C15H20O2/c1-2-12-16-13-11-15(9-6-10-15)17-14-7-4-3-5-8-14/h2-5,7-8,12H,6,9-11,13H2,1H3. The molecule has 0 aromatic heterocycles. The fourth-order valence-electron chi connectivity index (χ4n) is 2.12. The maximum atomic E-state index is 6.11. The van der Waals surface area contributed by atoms with E-state index in [-0.39, 0.29) is 5.60 Å². The lowest BCUT2D eigenvalue weighted by Crippen LogP contribution is -2.44. The Balaban J connectivity index is 1.86. The van der Waals surface area contributed by atoms with Crippen molar-refractivity contribution in [2.24, 2.45) is 0 Å². The van der Waals surface area contributed by atoms with Crippen LogP contribution in [0.25, 0.3) is 0 Å². The van der Waals surface area contributed by atoms with Gasteiger partial charge in [-0.2, -0.15) is 0 Å². The molecule has 0 bridgehead atoms. The third-order valence-electron chi connectivity index (χ3n) is 3.25. The van der Waals surface area contributed by atoms with E-state index in [9.17, 15) is 0 Å². The van der Waals surface area contributed by atoms with Gasteiger partial charge in [0.1, 0.15) is 11.4 Å². The normalized spacial score (nSPS) is 17.7. The van der Waals surface area contributed by atoms with Gasteiger partial charge < -0.3 is 9.47 Å². The van der Waals surface area contributed by atoms with Crippen LogP contribution in [0, 0.1) is 0 Å². The van der Waals surface area contributed by atoms with E-state index in [4.69, 9.17) is 9.47 Å². The molecule has 1 fully saturated rings. The summed E-state index contributed by atoms with van der Waals surface area (Å²) in [5.74, 6) is 0.971. The van der Waals surface area contributed by atoms with Crippen molar-refractivity contribution in [2.75, 3.05) is 6.61 Å². The summed E-state index contributed by atoms with van der Waals surface area (Å²) in [6.45, 7) is 2.69. The van der Waals surface area contributed by atoms with Crippen molar-refractivity contribution in [1.29, 1.82) is 0 Å². The average Bonchev–Trinajstić information content (AvgIpc) is 2.32. The van der Waals surface area contributed by atoms with Crippen molar-refractivity contribution in [3.05, 3.63) is 42.7 Å². The third-order valence-corrected chi connectivity index (χ3v) is 3.25. The number of hydrogen-bond donors (Lipinski definition) is 0. The Labute approximate surface area is 103 Å². The van der Waals surface area contributed by atoms with Gasteiger partial charge >= 0.3 is 0 Å². The molecule has 1 aliphatic rings. The van der Waals surface area contributed by atoms with Crippen LogP contribution < -0.4 is 4.74 Å². The topological polar surface area (TPSA) is 18.5 Å². The molecule has 0 radical (unpaired) electrons. The predicted octanol–water partition coefficient (Wildman–Crippen LogP) is 3.93. The van der Waals surface area contributed by atoms with Crippen molar-refractivity contribution >= 4 is 0 Å². The zero-order valence-corrected chi connectivity index (χ0v) is 10.4. The quantitative estimate of drug-likeness (QED) is 0.546. The summed E-state index contributed by atoms with van der Waals surface area (Å²) in [5.41, 5.74) is 0.0168. The molecule has 0 heterocycles. The Hall–Kier alpha value is -1.44. The minimum Gasteiger partial charge on any atom is -0.501 e. The summed E-state index contributed by atoms with van der Waals surface area (Å²) in [6, 6.07) is 10.1. The summed E-state index contributed by atoms with van der Waals surface area (Å²) < 4.78 is 11.5. The van der Waals surface area contributed by atoms with Gasteiger partial charge in [0.15, 0.2) is 0 Å². The van der Waals surface area contributed by atoms with E-state index in [1.807, 2.05) is 43.3 Å². The summed E-state index contributed by atoms with van der Waals surface area (Å²) in [7, 11) is 0. The van der Waals surface area contributed by atoms with E-state index in [1.165, 1.54) is 6.42 Å². The molecule has 1 aromatic rings. The van der Waals surface area contributed by atoms with Gasteiger partial charge in [-0.3, -0.25) is 0 Å². The first kappa shape index (κ1) is 12.0. The third kappa shape index (κ3) is 3.26. The summed E-state index contributed by atoms with van der Waals surface area (Å²) in [5, 5.41) is 0. The number of para-hydroxylation sites is 1. The Kier molecular flexibility index (Phi) is 4.08. The first-order chi connectivity index (χ1) is 8.35. The highest BCUT2D eigenvalue weighted by Crippen LogP contribution is 2.39. The maximum Gasteiger partial charge on any atom is 0.120 e. The summed E-state index contributed by atoms with van der Waals surface area (Å²) >= 11 is 0. The number of hydrogen-bond acceptors (Lipinski definition) is 2. The number of allylic oxidation sites excluding steroid dienone is 1. The van der Waals surface area contributed by atoms with Gasteiger partial charge in [0, 0.05) is 6.42 Å². The van der Waals surface area contributed by atoms with Crippen LogP contribution in [-0.4, -0.2) is 12.2 Å². The molecule has 0 aliphatic heterocycles. The number of benzene rings is 1. The Bertz CT molecular complexity index is 352. The smallest absolute Gasteiger partial charge is 0.120 e. The summed E-state index contributed by atoms with van der Waals surface area (Å²) in [6.07, 6.45) is 8.16. The van der Waals surface area contributed by atoms with Crippen molar-refractivity contribution in [2.45, 2.75) is 38.2 Å². The SMILES string of the molecule is CC=COCCC1(Oc2ccccc2)CCC1. The molecular weight excluding hydrogens is 212 g/mol. The van der Waals surface area contributed by atoms with Crippen LogP contribution in [0.4, 0.5) is 0 Å². The highest BCUT2D eigenvalue weighted by molar-refractivity contribution is 5.22. The molecule has 0 amide bonds. The van der Waals surface area contributed by atoms with E-state index in [0.29, 0.717) is 0 Å². The second-order valence-electron chi connectivity index (χ2n) is 4.54. The lowest BCUT2D eigenvalue weighted by Gasteiger charge is -2.41. The molecule has 1 aromatic carbocycles. The van der Waals surface area contributed by atoms with Crippen LogP contribution >= 0.6 is 0 Å². The maximum absolute atomic E-state index is 6.11. The molecule has 17 heavy (non-hydrogen) atoms. The van der Waals surface area contributed by atoms with Gasteiger partial charge in [-0.15, -0.1) is 0 Å². The molecule has 2 heteroatoms. The van der Waals surface area contributed by atoms with Crippen LogP contribution in [0.5, 0.6) is 5.75 Å². The fourth-order valence-corrected chi connectivity index (χ4v) is 2.12. The van der Waals surface area contributed by atoms with Gasteiger partial charge in [-0.25, -0.2) is 0 Å². The Morgan fingerprint density at radius 2 is 2.00 bits per heavy atom. The van der Waals surface area contributed by atoms with E-state index < -0.39 is 0 Å². The number of ether oxygens (including phenoxy) is 2. The van der Waals surface area contributed by atoms with Gasteiger partial charge in [-0.05, 0) is 38.3 Å². The van der Waals surface area contributed by atoms with E-state index in [0.717, 1.165) is 31.6 Å². The fraction of sp³-hybridized carbons (Fsp3) is 0.467. The zero-order valence-electron chi connectivity index (χ0n) is 10.4. The highest BCUT2D eigenvalue weighted by atomic mass is 16.5. The molecule has 1 saturated carbocycles. The van der Waals surface area contributed by atoms with Crippen molar-refractivity contribution in [3.8, 4) is 5.75 Å². The molecule has 0 atom stereocenters. The van der Waals surface area contributed by atoms with Gasteiger partial charge in [0.2, 0.25) is 0 Å². The van der Waals surface area contributed by atoms with E-state index >= 15 is 0 Å². The van der Waals surface area contributed by atoms with Crippen LogP contribution in [0.2, 0.25) is 0 Å². The zero-order chi connectivity index (χ0) is 12.0. The molecule has 2 rings (SSSR count). The van der Waals surface area contributed by atoms with Crippen molar-refractivity contribution in [1.82, 2.24) is 0 Å². The number of rotatable bonds is 6. The lowest BCUT2D eigenvalue weighted by molar-refractivity contribution is -0.0279. The molecule has 1 aliphatic carbocycles. The molecule has 0 N–H and O–H groups in total. The minimum atomic E-state index is 0.0168. The van der Waals surface area contributed by atoms with Crippen LogP contribution in [0.1, 0.15) is 32.6 Å². The monoisotopic (exact) mass is 232 g/mol. The largest absolute Gasteiger partial charge is 0.501 e. The van der Waals surface area contributed by atoms with Crippen molar-refractivity contribution < 1.29 is 9.47 Å². The van der Waals surface area contributed by atoms with Gasteiger partial charge in [-0.1, -0.05) is 24.3 Å². The van der Waals surface area contributed by atoms with Crippen LogP contribution in [0.3, 0.4) is 0 Å². The first-order valence-corrected chi connectivity index (χ1v) is 6.31. The Morgan fingerprint density at radius 1 is 1.24 bits per heavy atom. The van der Waals surface area contributed by atoms with Crippen molar-refractivity contribution in [3.63, 3.8) is 0 Å². The second-order valence-corrected chi connectivity index (χ2v) is 4.54. The molecule has 0 saturated heterocycles. The predicted molar refractivity (Wildman–Crippen MR) is 69.0 cm³/mol. The minimum absolute atomic E-state index is 0.0168. The van der Waals surface area contributed by atoms with Crippen LogP contribution in [0.15, 0.2) is 42.7 Å². The lowest BCUT2D eigenvalue weighted by atomic mass is 9.77. The molecule has 0 spiro atoms. The van der Waals surface area contributed by atoms with Gasteiger partial charge in [0.25, 0.3) is 0 Å². The van der Waals surface area contributed by atoms with E-state index in [2.05, 4.69) is 0 Å². The molecule has 0 unspecified atom stereocenters. The van der Waals surface area contributed by atoms with Gasteiger partial charge in [0.05, 0.1) is 12.9 Å². The first-order valence-electron chi connectivity index (χ1n) is 6.31.